The standard InChI is InChI=1S/C28H28N4O3S/c1-20-19-31(24-9-3-4-10-25(24)35-2)17-18-32(20)28(33)22-12-14-23(15-13-22)30-36(34)26-11-5-7-21-8-6-16-29-27(21)26/h3-16,20,30H,17-19H2,1-2H3. The molecule has 1 saturated heterocycles. The molecular weight excluding hydrogens is 472 g/mol. The van der Waals surface area contributed by atoms with Gasteiger partial charge in [-0.25, -0.2) is 4.21 Å². The number of nitrogens with zero attached hydrogens (tertiary/aromatic N) is 3. The number of piperazine rings is 1. The van der Waals surface area contributed by atoms with Crippen LogP contribution in [0.5, 0.6) is 5.75 Å². The zero-order valence-electron chi connectivity index (χ0n) is 20.3. The number of nitrogens with one attached hydrogen (secondary N) is 1. The van der Waals surface area contributed by atoms with E-state index in [1.807, 2.05) is 59.5 Å². The Hall–Kier alpha value is -3.91. The molecule has 0 spiro atoms. The average Bonchev–Trinajstić information content (AvgIpc) is 2.92. The van der Waals surface area contributed by atoms with Crippen LogP contribution in [0.2, 0.25) is 0 Å². The van der Waals surface area contributed by atoms with Crippen LogP contribution in [0.3, 0.4) is 0 Å². The van der Waals surface area contributed by atoms with Gasteiger partial charge in [0.15, 0.2) is 11.0 Å². The van der Waals surface area contributed by atoms with Crippen LogP contribution >= 0.6 is 0 Å². The van der Waals surface area contributed by atoms with Gasteiger partial charge >= 0.3 is 0 Å². The minimum atomic E-state index is -1.49. The molecule has 1 fully saturated rings. The Labute approximate surface area is 213 Å². The van der Waals surface area contributed by atoms with Gasteiger partial charge in [0, 0.05) is 48.5 Å². The van der Waals surface area contributed by atoms with Gasteiger partial charge in [0.2, 0.25) is 0 Å². The summed E-state index contributed by atoms with van der Waals surface area (Å²) in [6, 6.07) is 24.6. The number of benzene rings is 3. The number of carbonyl (C=O) groups is 1. The molecular formula is C28H28N4O3S. The number of rotatable bonds is 6. The van der Waals surface area contributed by atoms with Gasteiger partial charge in [0.1, 0.15) is 5.75 Å². The summed E-state index contributed by atoms with van der Waals surface area (Å²) < 4.78 is 21.5. The van der Waals surface area contributed by atoms with Gasteiger partial charge in [-0.3, -0.25) is 9.78 Å². The molecule has 1 aromatic heterocycles. The first-order chi connectivity index (χ1) is 17.5. The maximum atomic E-state index is 13.3. The van der Waals surface area contributed by atoms with Gasteiger partial charge in [-0.05, 0) is 55.5 Å². The van der Waals surface area contributed by atoms with Gasteiger partial charge in [-0.1, -0.05) is 30.3 Å². The van der Waals surface area contributed by atoms with Crippen LogP contribution in [0.25, 0.3) is 10.9 Å². The lowest BCUT2D eigenvalue weighted by Crippen LogP contribution is -2.54. The molecule has 1 aliphatic heterocycles. The second kappa shape index (κ2) is 10.4. The second-order valence-corrected chi connectivity index (χ2v) is 9.93. The molecule has 184 valence electrons. The predicted octanol–water partition coefficient (Wildman–Crippen LogP) is 4.73. The van der Waals surface area contributed by atoms with Crippen molar-refractivity contribution in [2.45, 2.75) is 17.9 Å². The van der Waals surface area contributed by atoms with Crippen molar-refractivity contribution in [3.63, 3.8) is 0 Å². The van der Waals surface area contributed by atoms with Gasteiger partial charge in [-0.2, -0.15) is 0 Å². The molecule has 1 N–H and O–H groups in total. The van der Waals surface area contributed by atoms with Gasteiger partial charge in [0.25, 0.3) is 5.91 Å². The highest BCUT2D eigenvalue weighted by Crippen LogP contribution is 2.30. The Kier molecular flexibility index (Phi) is 6.86. The fraction of sp³-hybridized carbons (Fsp3) is 0.214. The summed E-state index contributed by atoms with van der Waals surface area (Å²) in [7, 11) is 0.191. The van der Waals surface area contributed by atoms with Crippen molar-refractivity contribution < 1.29 is 13.7 Å². The molecule has 2 atom stereocenters. The van der Waals surface area contributed by atoms with E-state index in [9.17, 15) is 9.00 Å². The van der Waals surface area contributed by atoms with E-state index in [0.29, 0.717) is 28.2 Å². The normalized spacial score (nSPS) is 16.6. The van der Waals surface area contributed by atoms with E-state index >= 15 is 0 Å². The number of methoxy groups -OCH3 is 1. The van der Waals surface area contributed by atoms with E-state index < -0.39 is 11.0 Å². The van der Waals surface area contributed by atoms with E-state index in [2.05, 4.69) is 21.5 Å². The highest BCUT2D eigenvalue weighted by atomic mass is 32.2. The molecule has 0 bridgehead atoms. The third-order valence-corrected chi connectivity index (χ3v) is 7.60. The van der Waals surface area contributed by atoms with Crippen LogP contribution in [0.4, 0.5) is 11.4 Å². The largest absolute Gasteiger partial charge is 0.495 e. The van der Waals surface area contributed by atoms with E-state index in [1.54, 1.807) is 37.6 Å². The summed E-state index contributed by atoms with van der Waals surface area (Å²) in [4.78, 5) is 22.4. The molecule has 0 radical (unpaired) electrons. The van der Waals surface area contributed by atoms with E-state index in [4.69, 9.17) is 4.74 Å². The lowest BCUT2D eigenvalue weighted by atomic mass is 10.1. The van der Waals surface area contributed by atoms with Crippen LogP contribution in [-0.2, 0) is 11.0 Å². The number of para-hydroxylation sites is 3. The molecule has 1 aliphatic rings. The predicted molar refractivity (Wildman–Crippen MR) is 144 cm³/mol. The molecule has 1 amide bonds. The second-order valence-electron chi connectivity index (χ2n) is 8.74. The zero-order valence-corrected chi connectivity index (χ0v) is 21.1. The van der Waals surface area contributed by atoms with Gasteiger partial charge in [0.05, 0.1) is 23.2 Å². The number of ether oxygens (including phenoxy) is 1. The minimum absolute atomic E-state index is 0.00639. The van der Waals surface area contributed by atoms with Crippen LogP contribution in [-0.4, -0.2) is 52.8 Å². The third-order valence-electron chi connectivity index (χ3n) is 6.45. The highest BCUT2D eigenvalue weighted by molar-refractivity contribution is 7.86. The summed E-state index contributed by atoms with van der Waals surface area (Å²) in [5.74, 6) is 0.831. The van der Waals surface area contributed by atoms with Gasteiger partial charge in [-0.15, -0.1) is 0 Å². The fourth-order valence-corrected chi connectivity index (χ4v) is 5.61. The van der Waals surface area contributed by atoms with E-state index in [1.165, 1.54) is 0 Å². The molecule has 0 saturated carbocycles. The number of hydrogen-bond acceptors (Lipinski definition) is 5. The Morgan fingerprint density at radius 1 is 1.00 bits per heavy atom. The monoisotopic (exact) mass is 500 g/mol. The summed E-state index contributed by atoms with van der Waals surface area (Å²) >= 11 is 0. The Morgan fingerprint density at radius 2 is 1.78 bits per heavy atom. The molecule has 8 heteroatoms. The van der Waals surface area contributed by atoms with Crippen LogP contribution in [0.15, 0.2) is 90.0 Å². The van der Waals surface area contributed by atoms with Gasteiger partial charge < -0.3 is 19.3 Å². The van der Waals surface area contributed by atoms with Crippen molar-refractivity contribution >= 4 is 39.2 Å². The Bertz CT molecular complexity index is 1400. The molecule has 7 nitrogen and oxygen atoms in total. The highest BCUT2D eigenvalue weighted by Gasteiger charge is 2.29. The summed E-state index contributed by atoms with van der Waals surface area (Å²) in [5, 5.41) is 0.936. The SMILES string of the molecule is COc1ccccc1N1CCN(C(=O)c2ccc(NS(=O)c3cccc4cccnc34)cc2)C(C)C1. The first-order valence-corrected chi connectivity index (χ1v) is 13.0. The first kappa shape index (κ1) is 23.8. The topological polar surface area (TPSA) is 74.8 Å². The first-order valence-electron chi connectivity index (χ1n) is 11.9. The lowest BCUT2D eigenvalue weighted by Gasteiger charge is -2.41. The molecule has 36 heavy (non-hydrogen) atoms. The summed E-state index contributed by atoms with van der Waals surface area (Å²) in [6.45, 7) is 4.14. The Balaban J connectivity index is 1.25. The van der Waals surface area contributed by atoms with Crippen molar-refractivity contribution in [3.05, 3.63) is 90.6 Å². The number of amides is 1. The van der Waals surface area contributed by atoms with Crippen molar-refractivity contribution in [2.24, 2.45) is 0 Å². The number of carbonyl (C=O) groups excluding carboxylic acids is 1. The van der Waals surface area contributed by atoms with E-state index in [0.717, 1.165) is 29.9 Å². The number of hydrogen-bond donors (Lipinski definition) is 1. The maximum absolute atomic E-state index is 13.3. The van der Waals surface area contributed by atoms with Crippen LogP contribution in [0, 0.1) is 0 Å². The average molecular weight is 501 g/mol. The number of anilines is 2. The van der Waals surface area contributed by atoms with Crippen molar-refractivity contribution in [1.82, 2.24) is 9.88 Å². The molecule has 3 aromatic carbocycles. The molecule has 2 unspecified atom stereocenters. The molecule has 2 heterocycles. The summed E-state index contributed by atoms with van der Waals surface area (Å²) in [5.41, 5.74) is 3.03. The van der Waals surface area contributed by atoms with Crippen molar-refractivity contribution in [2.75, 3.05) is 36.4 Å². The fourth-order valence-electron chi connectivity index (χ4n) is 4.60. The Morgan fingerprint density at radius 3 is 2.56 bits per heavy atom. The number of aromatic nitrogens is 1. The van der Waals surface area contributed by atoms with E-state index in [-0.39, 0.29) is 11.9 Å². The number of pyridine rings is 1. The lowest BCUT2D eigenvalue weighted by molar-refractivity contribution is 0.0674. The van der Waals surface area contributed by atoms with Crippen molar-refractivity contribution in [3.8, 4) is 5.75 Å². The zero-order chi connectivity index (χ0) is 25.1. The van der Waals surface area contributed by atoms with Crippen molar-refractivity contribution in [1.29, 1.82) is 0 Å². The molecule has 5 rings (SSSR count). The quantitative estimate of drug-likeness (QED) is 0.414. The smallest absolute Gasteiger partial charge is 0.254 e. The minimum Gasteiger partial charge on any atom is -0.495 e. The van der Waals surface area contributed by atoms with Crippen LogP contribution in [0.1, 0.15) is 17.3 Å². The maximum Gasteiger partial charge on any atom is 0.254 e. The third kappa shape index (κ3) is 4.77. The molecule has 0 aliphatic carbocycles. The van der Waals surface area contributed by atoms with Crippen LogP contribution < -0.4 is 14.4 Å². The number of fused-ring (bicyclic) bond motifs is 1. The molecule has 4 aromatic rings. The summed E-state index contributed by atoms with van der Waals surface area (Å²) in [6.07, 6.45) is 1.70.